The van der Waals surface area contributed by atoms with Crippen LogP contribution in [0.5, 0.6) is 11.5 Å². The number of hydrogen-bond donors (Lipinski definition) is 3. The molecule has 3 aromatic rings. The van der Waals surface area contributed by atoms with Crippen LogP contribution >= 0.6 is 11.6 Å². The van der Waals surface area contributed by atoms with Gasteiger partial charge >= 0.3 is 0 Å². The van der Waals surface area contributed by atoms with Crippen LogP contribution in [0.25, 0.3) is 0 Å². The fourth-order valence-corrected chi connectivity index (χ4v) is 3.21. The number of methoxy groups -OCH3 is 1. The molecule has 0 spiro atoms. The zero-order valence-corrected chi connectivity index (χ0v) is 19.4. The highest BCUT2D eigenvalue weighted by atomic mass is 35.5. The van der Waals surface area contributed by atoms with Gasteiger partial charge in [0.25, 0.3) is 11.8 Å². The lowest BCUT2D eigenvalue weighted by Crippen LogP contribution is -2.41. The lowest BCUT2D eigenvalue weighted by molar-refractivity contribution is -0.118. The van der Waals surface area contributed by atoms with E-state index in [1.54, 1.807) is 79.7 Å². The predicted molar refractivity (Wildman–Crippen MR) is 131 cm³/mol. The van der Waals surface area contributed by atoms with E-state index in [0.717, 1.165) is 0 Å². The Bertz CT molecular complexity index is 1180. The van der Waals surface area contributed by atoms with Gasteiger partial charge in [-0.3, -0.25) is 14.4 Å². The summed E-state index contributed by atoms with van der Waals surface area (Å²) in [5.41, 5.74) is 1.20. The van der Waals surface area contributed by atoms with Crippen LogP contribution in [0.1, 0.15) is 17.3 Å². The Balaban J connectivity index is 1.54. The van der Waals surface area contributed by atoms with Gasteiger partial charge in [0.15, 0.2) is 18.1 Å². The van der Waals surface area contributed by atoms with E-state index in [1.807, 2.05) is 0 Å². The molecule has 0 aliphatic rings. The van der Waals surface area contributed by atoms with Gasteiger partial charge in [-0.15, -0.1) is 0 Å². The van der Waals surface area contributed by atoms with Crippen LogP contribution in [0.2, 0.25) is 5.02 Å². The van der Waals surface area contributed by atoms with Gasteiger partial charge < -0.3 is 25.4 Å². The summed E-state index contributed by atoms with van der Waals surface area (Å²) in [5, 5.41) is 8.34. The van der Waals surface area contributed by atoms with E-state index in [-0.39, 0.29) is 18.1 Å². The van der Waals surface area contributed by atoms with Crippen LogP contribution in [-0.2, 0) is 9.59 Å². The molecule has 3 aromatic carbocycles. The molecule has 3 amide bonds. The molecule has 0 fully saturated rings. The van der Waals surface area contributed by atoms with Crippen molar-refractivity contribution in [3.8, 4) is 11.5 Å². The number of anilines is 2. The first kappa shape index (κ1) is 24.6. The quantitative estimate of drug-likeness (QED) is 0.426. The molecule has 0 radical (unpaired) electrons. The monoisotopic (exact) mass is 481 g/mol. The molecule has 0 aliphatic carbocycles. The highest BCUT2D eigenvalue weighted by Crippen LogP contribution is 2.25. The number of carbonyl (C=O) groups excluding carboxylic acids is 3. The topological polar surface area (TPSA) is 106 Å². The lowest BCUT2D eigenvalue weighted by Gasteiger charge is -2.15. The average molecular weight is 482 g/mol. The van der Waals surface area contributed by atoms with E-state index in [9.17, 15) is 14.4 Å². The Hall–Kier alpha value is -4.04. The third kappa shape index (κ3) is 6.73. The summed E-state index contributed by atoms with van der Waals surface area (Å²) < 4.78 is 10.7. The Labute approximate surface area is 202 Å². The summed E-state index contributed by atoms with van der Waals surface area (Å²) in [6.07, 6.45) is 0. The fourth-order valence-electron chi connectivity index (χ4n) is 2.99. The molecule has 0 aromatic heterocycles. The summed E-state index contributed by atoms with van der Waals surface area (Å²) in [5.74, 6) is -0.285. The highest BCUT2D eigenvalue weighted by molar-refractivity contribution is 6.33. The number of rotatable bonds is 9. The normalized spacial score (nSPS) is 11.1. The maximum atomic E-state index is 12.5. The highest BCUT2D eigenvalue weighted by Gasteiger charge is 2.18. The van der Waals surface area contributed by atoms with E-state index in [0.29, 0.717) is 27.9 Å². The van der Waals surface area contributed by atoms with Crippen LogP contribution in [0.15, 0.2) is 72.8 Å². The number of para-hydroxylation sites is 2. The van der Waals surface area contributed by atoms with Gasteiger partial charge in [0.1, 0.15) is 6.04 Å². The average Bonchev–Trinajstić information content (AvgIpc) is 2.83. The van der Waals surface area contributed by atoms with Gasteiger partial charge in [0, 0.05) is 11.4 Å². The molecule has 34 heavy (non-hydrogen) atoms. The number of nitrogens with one attached hydrogen (secondary N) is 3. The van der Waals surface area contributed by atoms with E-state index >= 15 is 0 Å². The minimum absolute atomic E-state index is 0.220. The van der Waals surface area contributed by atoms with Crippen molar-refractivity contribution in [2.24, 2.45) is 0 Å². The molecule has 1 atom stereocenters. The van der Waals surface area contributed by atoms with E-state index in [4.69, 9.17) is 21.1 Å². The van der Waals surface area contributed by atoms with Gasteiger partial charge in [-0.05, 0) is 49.4 Å². The van der Waals surface area contributed by atoms with Crippen LogP contribution in [-0.4, -0.2) is 37.5 Å². The first-order chi connectivity index (χ1) is 16.4. The second-order valence-corrected chi connectivity index (χ2v) is 7.64. The van der Waals surface area contributed by atoms with Crippen LogP contribution in [0, 0.1) is 0 Å². The third-order valence-corrected chi connectivity index (χ3v) is 5.03. The zero-order valence-electron chi connectivity index (χ0n) is 18.6. The molecular formula is C25H24ClN3O5. The third-order valence-electron chi connectivity index (χ3n) is 4.70. The SMILES string of the molecule is COc1ccccc1OCC(=O)Nc1cccc(NC(=O)C(C)NC(=O)c2ccccc2Cl)c1. The summed E-state index contributed by atoms with van der Waals surface area (Å²) in [7, 11) is 1.52. The Morgan fingerprint density at radius 2 is 1.53 bits per heavy atom. The summed E-state index contributed by atoms with van der Waals surface area (Å²) in [4.78, 5) is 37.2. The van der Waals surface area contributed by atoms with Crippen molar-refractivity contribution in [3.05, 3.63) is 83.4 Å². The smallest absolute Gasteiger partial charge is 0.262 e. The maximum absolute atomic E-state index is 12.5. The van der Waals surface area contributed by atoms with Gasteiger partial charge in [0.05, 0.1) is 17.7 Å². The number of carbonyl (C=O) groups is 3. The standard InChI is InChI=1S/C25H24ClN3O5/c1-16(27-25(32)19-10-3-4-11-20(19)26)24(31)29-18-9-7-8-17(14-18)28-23(30)15-34-22-13-6-5-12-21(22)33-2/h3-14,16H,15H2,1-2H3,(H,27,32)(H,28,30)(H,29,31). The van der Waals surface area contributed by atoms with Crippen molar-refractivity contribution in [3.63, 3.8) is 0 Å². The van der Waals surface area contributed by atoms with Crippen molar-refractivity contribution in [1.82, 2.24) is 5.32 Å². The summed E-state index contributed by atoms with van der Waals surface area (Å²) >= 11 is 6.03. The van der Waals surface area contributed by atoms with Gasteiger partial charge in [-0.2, -0.15) is 0 Å². The van der Waals surface area contributed by atoms with Gasteiger partial charge in [-0.1, -0.05) is 41.9 Å². The first-order valence-electron chi connectivity index (χ1n) is 10.4. The molecule has 0 aliphatic heterocycles. The molecule has 176 valence electrons. The van der Waals surface area contributed by atoms with Crippen LogP contribution in [0.3, 0.4) is 0 Å². The van der Waals surface area contributed by atoms with Gasteiger partial charge in [-0.25, -0.2) is 0 Å². The Kier molecular flexibility index (Phi) is 8.48. The molecule has 0 saturated carbocycles. The number of amides is 3. The van der Waals surface area contributed by atoms with Crippen molar-refractivity contribution < 1.29 is 23.9 Å². The largest absolute Gasteiger partial charge is 0.493 e. The predicted octanol–water partition coefficient (Wildman–Crippen LogP) is 4.12. The molecule has 0 bridgehead atoms. The number of ether oxygens (including phenoxy) is 2. The molecule has 0 heterocycles. The van der Waals surface area contributed by atoms with Crippen LogP contribution < -0.4 is 25.4 Å². The zero-order chi connectivity index (χ0) is 24.5. The molecule has 0 saturated heterocycles. The lowest BCUT2D eigenvalue weighted by atomic mass is 10.2. The molecular weight excluding hydrogens is 458 g/mol. The molecule has 3 N–H and O–H groups in total. The molecule has 9 heteroatoms. The second-order valence-electron chi connectivity index (χ2n) is 7.23. The minimum Gasteiger partial charge on any atom is -0.493 e. The Morgan fingerprint density at radius 3 is 2.24 bits per heavy atom. The van der Waals surface area contributed by atoms with Crippen molar-refractivity contribution in [2.75, 3.05) is 24.4 Å². The minimum atomic E-state index is -0.823. The number of halogens is 1. The molecule has 3 rings (SSSR count). The van der Waals surface area contributed by atoms with E-state index < -0.39 is 17.9 Å². The van der Waals surface area contributed by atoms with Crippen LogP contribution in [0.4, 0.5) is 11.4 Å². The first-order valence-corrected chi connectivity index (χ1v) is 10.8. The van der Waals surface area contributed by atoms with Gasteiger partial charge in [0.2, 0.25) is 5.91 Å². The van der Waals surface area contributed by atoms with Crippen molar-refractivity contribution in [1.29, 1.82) is 0 Å². The van der Waals surface area contributed by atoms with Crippen molar-refractivity contribution >= 4 is 40.7 Å². The summed E-state index contributed by atoms with van der Waals surface area (Å²) in [6, 6.07) is 19.4. The fraction of sp³-hybridized carbons (Fsp3) is 0.160. The molecule has 8 nitrogen and oxygen atoms in total. The number of benzene rings is 3. The summed E-state index contributed by atoms with van der Waals surface area (Å²) in [6.45, 7) is 1.34. The van der Waals surface area contributed by atoms with Crippen molar-refractivity contribution in [2.45, 2.75) is 13.0 Å². The molecule has 1 unspecified atom stereocenters. The number of hydrogen-bond acceptors (Lipinski definition) is 5. The van der Waals surface area contributed by atoms with E-state index in [2.05, 4.69) is 16.0 Å². The Morgan fingerprint density at radius 1 is 0.882 bits per heavy atom. The van der Waals surface area contributed by atoms with E-state index in [1.165, 1.54) is 7.11 Å². The second kappa shape index (κ2) is 11.7. The maximum Gasteiger partial charge on any atom is 0.262 e.